The molecule has 0 aliphatic heterocycles. The van der Waals surface area contributed by atoms with Gasteiger partial charge < -0.3 is 4.40 Å². The molecule has 0 atom stereocenters. The molecule has 0 saturated heterocycles. The molecule has 0 amide bonds. The van der Waals surface area contributed by atoms with Crippen molar-refractivity contribution in [3.05, 3.63) is 90.5 Å². The van der Waals surface area contributed by atoms with Gasteiger partial charge in [-0.1, -0.05) is 58.8 Å². The zero-order chi connectivity index (χ0) is 16.8. The van der Waals surface area contributed by atoms with E-state index in [0.717, 1.165) is 38.4 Å². The number of pyridine rings is 1. The average molecular weight is 325 g/mol. The van der Waals surface area contributed by atoms with Gasteiger partial charge in [0, 0.05) is 17.9 Å². The van der Waals surface area contributed by atoms with Crippen molar-refractivity contribution in [1.82, 2.24) is 9.38 Å². The number of rotatable bonds is 1. The molecule has 5 aromatic rings. The number of para-hydroxylation sites is 1. The molecule has 0 saturated carbocycles. The summed E-state index contributed by atoms with van der Waals surface area (Å²) in [5.74, 6) is 0. The monoisotopic (exact) mass is 325 g/mol. The SMILES string of the molecule is [C-]#[N+]c1cccc(-c2cc[c-]c3c2c2ccccc2n2ccnc32)c1.[Li+]. The number of hydrogen-bond donors (Lipinski definition) is 0. The van der Waals surface area contributed by atoms with Crippen molar-refractivity contribution < 1.29 is 18.9 Å². The van der Waals surface area contributed by atoms with Gasteiger partial charge in [-0.15, -0.1) is 18.2 Å². The molecule has 3 nitrogen and oxygen atoms in total. The average Bonchev–Trinajstić information content (AvgIpc) is 3.18. The fraction of sp³-hybridized carbons (Fsp3) is 0. The Kier molecular flexibility index (Phi) is 4.01. The van der Waals surface area contributed by atoms with Crippen molar-refractivity contribution in [1.29, 1.82) is 0 Å². The van der Waals surface area contributed by atoms with Gasteiger partial charge in [-0.05, 0) is 17.0 Å². The van der Waals surface area contributed by atoms with Crippen LogP contribution in [0.1, 0.15) is 0 Å². The first-order chi connectivity index (χ1) is 12.4. The van der Waals surface area contributed by atoms with Crippen molar-refractivity contribution in [2.75, 3.05) is 0 Å². The van der Waals surface area contributed by atoms with E-state index in [0.29, 0.717) is 5.69 Å². The van der Waals surface area contributed by atoms with Gasteiger partial charge in [-0.25, -0.2) is 4.85 Å². The van der Waals surface area contributed by atoms with Crippen LogP contribution in [0.25, 0.3) is 43.3 Å². The summed E-state index contributed by atoms with van der Waals surface area (Å²) >= 11 is 0. The molecule has 0 radical (unpaired) electrons. The second-order valence-corrected chi connectivity index (χ2v) is 5.94. The van der Waals surface area contributed by atoms with Crippen molar-refractivity contribution in [3.63, 3.8) is 0 Å². The van der Waals surface area contributed by atoms with Gasteiger partial charge in [-0.3, -0.25) is 4.98 Å². The van der Waals surface area contributed by atoms with Gasteiger partial charge in [0.1, 0.15) is 0 Å². The smallest absolute Gasteiger partial charge is 0.340 e. The first-order valence-corrected chi connectivity index (χ1v) is 8.03. The Morgan fingerprint density at radius 2 is 1.92 bits per heavy atom. The Balaban J connectivity index is 0.00000168. The van der Waals surface area contributed by atoms with Crippen LogP contribution in [0.15, 0.2) is 73.1 Å². The third-order valence-electron chi connectivity index (χ3n) is 4.58. The summed E-state index contributed by atoms with van der Waals surface area (Å²) in [6, 6.07) is 23.5. The van der Waals surface area contributed by atoms with Gasteiger partial charge in [0.15, 0.2) is 5.69 Å². The summed E-state index contributed by atoms with van der Waals surface area (Å²) in [5.41, 5.74) is 4.79. The number of benzene rings is 3. The van der Waals surface area contributed by atoms with Crippen LogP contribution in [0, 0.1) is 12.6 Å². The summed E-state index contributed by atoms with van der Waals surface area (Å²) in [4.78, 5) is 8.12. The summed E-state index contributed by atoms with van der Waals surface area (Å²) in [7, 11) is 0. The van der Waals surface area contributed by atoms with E-state index in [2.05, 4.69) is 44.6 Å². The summed E-state index contributed by atoms with van der Waals surface area (Å²) in [6.07, 6.45) is 3.80. The molecule has 0 aliphatic carbocycles. The minimum absolute atomic E-state index is 0. The van der Waals surface area contributed by atoms with Gasteiger partial charge in [0.25, 0.3) is 0 Å². The summed E-state index contributed by atoms with van der Waals surface area (Å²) in [5, 5.41) is 3.27. The van der Waals surface area contributed by atoms with E-state index in [4.69, 9.17) is 6.57 Å². The second-order valence-electron chi connectivity index (χ2n) is 5.94. The van der Waals surface area contributed by atoms with Gasteiger partial charge in [0.2, 0.25) is 0 Å². The van der Waals surface area contributed by atoms with Gasteiger partial charge in [-0.2, -0.15) is 0 Å². The molecular weight excluding hydrogens is 313 g/mol. The Morgan fingerprint density at radius 3 is 2.81 bits per heavy atom. The molecule has 0 N–H and O–H groups in total. The molecule has 0 fully saturated rings. The van der Waals surface area contributed by atoms with Crippen LogP contribution in [0.4, 0.5) is 5.69 Å². The van der Waals surface area contributed by atoms with Crippen LogP contribution < -0.4 is 18.9 Å². The van der Waals surface area contributed by atoms with Crippen molar-refractivity contribution in [3.8, 4) is 11.1 Å². The van der Waals surface area contributed by atoms with Crippen LogP contribution in [-0.2, 0) is 0 Å². The molecule has 3 aromatic carbocycles. The maximum Gasteiger partial charge on any atom is 1.00 e. The van der Waals surface area contributed by atoms with Crippen molar-refractivity contribution >= 4 is 33.0 Å². The zero-order valence-electron chi connectivity index (χ0n) is 14.3. The predicted molar refractivity (Wildman–Crippen MR) is 101 cm³/mol. The van der Waals surface area contributed by atoms with Crippen LogP contribution in [-0.4, -0.2) is 9.38 Å². The molecule has 0 bridgehead atoms. The number of fused-ring (bicyclic) bond motifs is 6. The quantitative estimate of drug-likeness (QED) is 0.264. The molecule has 116 valence electrons. The van der Waals surface area contributed by atoms with Crippen LogP contribution in [0.3, 0.4) is 0 Å². The van der Waals surface area contributed by atoms with E-state index in [1.54, 1.807) is 0 Å². The molecule has 0 spiro atoms. The number of aromatic nitrogens is 2. The first-order valence-electron chi connectivity index (χ1n) is 8.03. The predicted octanol–water partition coefficient (Wildman–Crippen LogP) is 2.66. The molecule has 0 aliphatic rings. The van der Waals surface area contributed by atoms with E-state index in [9.17, 15) is 0 Å². The molecule has 2 heterocycles. The fourth-order valence-corrected chi connectivity index (χ4v) is 3.52. The standard InChI is InChI=1S/C22H12N3.Li/c1-23-16-7-4-6-15(14-16)17-9-5-10-19-21(17)18-8-2-3-11-20(18)25-13-12-24-22(19)25;/h2-9,11-14H;/q-1;+1. The van der Waals surface area contributed by atoms with Gasteiger partial charge >= 0.3 is 18.9 Å². The zero-order valence-corrected chi connectivity index (χ0v) is 14.3. The van der Waals surface area contributed by atoms with Crippen LogP contribution >= 0.6 is 0 Å². The molecule has 5 rings (SSSR count). The normalized spacial score (nSPS) is 10.7. The Morgan fingerprint density at radius 1 is 1.04 bits per heavy atom. The third kappa shape index (κ3) is 2.32. The van der Waals surface area contributed by atoms with E-state index >= 15 is 0 Å². The number of nitrogens with zero attached hydrogens (tertiary/aromatic N) is 3. The van der Waals surface area contributed by atoms with E-state index in [1.807, 2.05) is 48.8 Å². The van der Waals surface area contributed by atoms with E-state index < -0.39 is 0 Å². The summed E-state index contributed by atoms with van der Waals surface area (Å²) < 4.78 is 2.10. The van der Waals surface area contributed by atoms with Crippen molar-refractivity contribution in [2.45, 2.75) is 0 Å². The first kappa shape index (κ1) is 16.4. The maximum absolute atomic E-state index is 7.29. The number of imidazole rings is 1. The Labute approximate surface area is 162 Å². The van der Waals surface area contributed by atoms with Crippen LogP contribution in [0.5, 0.6) is 0 Å². The Bertz CT molecular complexity index is 1310. The molecule has 4 heteroatoms. The maximum atomic E-state index is 7.29. The Hall–Kier alpha value is -3.04. The fourth-order valence-electron chi connectivity index (χ4n) is 3.52. The molecule has 26 heavy (non-hydrogen) atoms. The summed E-state index contributed by atoms with van der Waals surface area (Å²) in [6.45, 7) is 7.29. The van der Waals surface area contributed by atoms with Crippen LogP contribution in [0.2, 0.25) is 0 Å². The third-order valence-corrected chi connectivity index (χ3v) is 4.58. The molecule has 0 unspecified atom stereocenters. The van der Waals surface area contributed by atoms with E-state index in [1.165, 1.54) is 0 Å². The van der Waals surface area contributed by atoms with Crippen molar-refractivity contribution in [2.24, 2.45) is 0 Å². The number of hydrogen-bond acceptors (Lipinski definition) is 1. The van der Waals surface area contributed by atoms with Gasteiger partial charge in [0.05, 0.1) is 12.2 Å². The minimum Gasteiger partial charge on any atom is -0.340 e. The minimum atomic E-state index is 0. The topological polar surface area (TPSA) is 21.7 Å². The molecular formula is C22H12LiN3. The molecule has 2 aromatic heterocycles. The second kappa shape index (κ2) is 6.35. The largest absolute Gasteiger partial charge is 1.00 e. The van der Waals surface area contributed by atoms with E-state index in [-0.39, 0.29) is 18.9 Å².